The number of hydrogen-bond donors (Lipinski definition) is 2. The molecule has 0 aromatic heterocycles. The smallest absolute Gasteiger partial charge is 0.332 e. The highest BCUT2D eigenvalue weighted by Gasteiger charge is 2.44. The molecule has 0 saturated carbocycles. The first-order valence-electron chi connectivity index (χ1n) is 7.59. The van der Waals surface area contributed by atoms with E-state index >= 15 is 0 Å². The van der Waals surface area contributed by atoms with Crippen molar-refractivity contribution in [3.8, 4) is 0 Å². The number of esters is 1. The standard InChI is InChI=1S/C16H26F2N2O2/c1-11(2)13-6-4-12(5-7-13)10-22-15(21)16(20,14(17)18)8-3-9-19/h4,13-14H,1,3,5-10,19-20H2,2H3. The van der Waals surface area contributed by atoms with E-state index in [1.54, 1.807) is 0 Å². The van der Waals surface area contributed by atoms with Gasteiger partial charge in [0.2, 0.25) is 0 Å². The molecule has 4 nitrogen and oxygen atoms in total. The van der Waals surface area contributed by atoms with Gasteiger partial charge in [-0.25, -0.2) is 13.6 Å². The number of nitrogens with two attached hydrogens (primary N) is 2. The van der Waals surface area contributed by atoms with Crippen LogP contribution in [0, 0.1) is 5.92 Å². The fourth-order valence-corrected chi connectivity index (χ4v) is 2.45. The number of ether oxygens (including phenoxy) is 1. The molecule has 22 heavy (non-hydrogen) atoms. The van der Waals surface area contributed by atoms with Gasteiger partial charge >= 0.3 is 5.97 Å². The molecule has 2 unspecified atom stereocenters. The predicted molar refractivity (Wildman–Crippen MR) is 82.4 cm³/mol. The molecule has 0 heterocycles. The van der Waals surface area contributed by atoms with Crippen molar-refractivity contribution in [3.63, 3.8) is 0 Å². The molecule has 0 saturated heterocycles. The van der Waals surface area contributed by atoms with Crippen LogP contribution in [0.2, 0.25) is 0 Å². The Morgan fingerprint density at radius 2 is 2.27 bits per heavy atom. The number of hydrogen-bond acceptors (Lipinski definition) is 4. The van der Waals surface area contributed by atoms with E-state index in [1.165, 1.54) is 0 Å². The summed E-state index contributed by atoms with van der Waals surface area (Å²) in [5, 5.41) is 0. The van der Waals surface area contributed by atoms with Gasteiger partial charge in [0.15, 0.2) is 5.54 Å². The molecule has 126 valence electrons. The molecule has 1 aliphatic carbocycles. The molecule has 6 heteroatoms. The Bertz CT molecular complexity index is 438. The molecule has 0 radical (unpaired) electrons. The molecular formula is C16H26F2N2O2. The summed E-state index contributed by atoms with van der Waals surface area (Å²) >= 11 is 0. The van der Waals surface area contributed by atoms with E-state index in [0.29, 0.717) is 5.92 Å². The Balaban J connectivity index is 2.55. The maximum Gasteiger partial charge on any atom is 0.332 e. The Labute approximate surface area is 130 Å². The summed E-state index contributed by atoms with van der Waals surface area (Å²) < 4.78 is 31.2. The summed E-state index contributed by atoms with van der Waals surface area (Å²) in [4.78, 5) is 11.9. The highest BCUT2D eigenvalue weighted by molar-refractivity contribution is 5.81. The highest BCUT2D eigenvalue weighted by Crippen LogP contribution is 2.28. The molecule has 0 bridgehead atoms. The van der Waals surface area contributed by atoms with Gasteiger partial charge in [0, 0.05) is 0 Å². The van der Waals surface area contributed by atoms with Crippen molar-refractivity contribution in [2.24, 2.45) is 17.4 Å². The van der Waals surface area contributed by atoms with Gasteiger partial charge in [0.25, 0.3) is 6.43 Å². The van der Waals surface area contributed by atoms with Crippen molar-refractivity contribution < 1.29 is 18.3 Å². The van der Waals surface area contributed by atoms with Crippen LogP contribution in [0.4, 0.5) is 8.78 Å². The van der Waals surface area contributed by atoms with Gasteiger partial charge in [0.1, 0.15) is 6.61 Å². The summed E-state index contributed by atoms with van der Waals surface area (Å²) in [5.41, 5.74) is 10.6. The van der Waals surface area contributed by atoms with Crippen LogP contribution in [-0.2, 0) is 9.53 Å². The van der Waals surface area contributed by atoms with E-state index in [-0.39, 0.29) is 26.0 Å². The van der Waals surface area contributed by atoms with Crippen LogP contribution in [0.5, 0.6) is 0 Å². The Kier molecular flexibility index (Phi) is 7.16. The summed E-state index contributed by atoms with van der Waals surface area (Å²) in [7, 11) is 0. The van der Waals surface area contributed by atoms with Crippen molar-refractivity contribution in [3.05, 3.63) is 23.8 Å². The molecule has 0 aromatic carbocycles. The Hall–Kier alpha value is -1.27. The van der Waals surface area contributed by atoms with E-state index < -0.39 is 17.9 Å². The maximum absolute atomic E-state index is 13.1. The third-order valence-corrected chi connectivity index (χ3v) is 4.15. The SMILES string of the molecule is C=C(C)C1CC=C(COC(=O)C(N)(CCCN)C(F)F)CC1. The van der Waals surface area contributed by atoms with Crippen LogP contribution in [0.25, 0.3) is 0 Å². The number of rotatable bonds is 8. The minimum Gasteiger partial charge on any atom is -0.460 e. The van der Waals surface area contributed by atoms with E-state index in [0.717, 1.165) is 30.4 Å². The lowest BCUT2D eigenvalue weighted by atomic mass is 9.86. The van der Waals surface area contributed by atoms with Crippen LogP contribution < -0.4 is 11.5 Å². The van der Waals surface area contributed by atoms with E-state index in [2.05, 4.69) is 6.58 Å². The highest BCUT2D eigenvalue weighted by atomic mass is 19.3. The Morgan fingerprint density at radius 1 is 1.59 bits per heavy atom. The molecule has 0 aliphatic heterocycles. The number of carbonyl (C=O) groups excluding carboxylic acids is 1. The van der Waals surface area contributed by atoms with Gasteiger partial charge in [-0.15, -0.1) is 0 Å². The summed E-state index contributed by atoms with van der Waals surface area (Å²) in [6.07, 6.45) is 1.65. The number of alkyl halides is 2. The fraction of sp³-hybridized carbons (Fsp3) is 0.688. The normalized spacial score (nSPS) is 21.2. The molecule has 1 rings (SSSR count). The molecule has 0 spiro atoms. The van der Waals surface area contributed by atoms with Crippen LogP contribution >= 0.6 is 0 Å². The number of halogens is 2. The zero-order valence-corrected chi connectivity index (χ0v) is 13.1. The first-order valence-corrected chi connectivity index (χ1v) is 7.59. The second kappa shape index (κ2) is 8.39. The molecule has 2 atom stereocenters. The van der Waals surface area contributed by atoms with Crippen LogP contribution in [0.3, 0.4) is 0 Å². The van der Waals surface area contributed by atoms with Crippen molar-refractivity contribution in [2.45, 2.75) is 51.0 Å². The molecule has 4 N–H and O–H groups in total. The largest absolute Gasteiger partial charge is 0.460 e. The van der Waals surface area contributed by atoms with Crippen LogP contribution in [0.1, 0.15) is 39.0 Å². The molecule has 0 amide bonds. The van der Waals surface area contributed by atoms with Crippen molar-refractivity contribution in [2.75, 3.05) is 13.2 Å². The zero-order chi connectivity index (χ0) is 16.8. The first kappa shape index (κ1) is 18.8. The van der Waals surface area contributed by atoms with Gasteiger partial charge in [-0.1, -0.05) is 18.2 Å². The van der Waals surface area contributed by atoms with Crippen molar-refractivity contribution >= 4 is 5.97 Å². The van der Waals surface area contributed by atoms with E-state index in [9.17, 15) is 13.6 Å². The zero-order valence-electron chi connectivity index (χ0n) is 13.1. The van der Waals surface area contributed by atoms with E-state index in [1.807, 2.05) is 13.0 Å². The lowest BCUT2D eigenvalue weighted by Crippen LogP contribution is -2.55. The van der Waals surface area contributed by atoms with Crippen molar-refractivity contribution in [1.29, 1.82) is 0 Å². The van der Waals surface area contributed by atoms with Gasteiger partial charge in [-0.3, -0.25) is 0 Å². The van der Waals surface area contributed by atoms with Gasteiger partial charge in [-0.05, 0) is 57.1 Å². The van der Waals surface area contributed by atoms with Gasteiger partial charge < -0.3 is 16.2 Å². The molecular weight excluding hydrogens is 290 g/mol. The quantitative estimate of drug-likeness (QED) is 0.533. The molecule has 0 aromatic rings. The maximum atomic E-state index is 13.1. The average molecular weight is 316 g/mol. The van der Waals surface area contributed by atoms with Crippen molar-refractivity contribution in [1.82, 2.24) is 0 Å². The van der Waals surface area contributed by atoms with Gasteiger partial charge in [-0.2, -0.15) is 0 Å². The first-order chi connectivity index (χ1) is 10.3. The minimum atomic E-state index is -2.97. The predicted octanol–water partition coefficient (Wildman–Crippen LogP) is 2.53. The molecule has 0 fully saturated rings. The lowest BCUT2D eigenvalue weighted by Gasteiger charge is -2.27. The summed E-state index contributed by atoms with van der Waals surface area (Å²) in [5.74, 6) is -0.613. The number of carbonyl (C=O) groups is 1. The summed E-state index contributed by atoms with van der Waals surface area (Å²) in [6, 6.07) is 0. The Morgan fingerprint density at radius 3 is 2.73 bits per heavy atom. The lowest BCUT2D eigenvalue weighted by molar-refractivity contribution is -0.156. The van der Waals surface area contributed by atoms with E-state index in [4.69, 9.17) is 16.2 Å². The monoisotopic (exact) mass is 316 g/mol. The average Bonchev–Trinajstić information content (AvgIpc) is 2.50. The topological polar surface area (TPSA) is 78.3 Å². The van der Waals surface area contributed by atoms with Crippen LogP contribution in [0.15, 0.2) is 23.8 Å². The minimum absolute atomic E-state index is 0.0238. The summed E-state index contributed by atoms with van der Waals surface area (Å²) in [6.45, 7) is 6.15. The van der Waals surface area contributed by atoms with Crippen LogP contribution in [-0.4, -0.2) is 31.1 Å². The third kappa shape index (κ3) is 4.88. The second-order valence-corrected chi connectivity index (χ2v) is 5.99. The van der Waals surface area contributed by atoms with Gasteiger partial charge in [0.05, 0.1) is 0 Å². The fourth-order valence-electron chi connectivity index (χ4n) is 2.45. The third-order valence-electron chi connectivity index (χ3n) is 4.15. The molecule has 1 aliphatic rings. The second-order valence-electron chi connectivity index (χ2n) is 5.99. The number of allylic oxidation sites excluding steroid dienone is 2.